The molecule has 0 spiro atoms. The van der Waals surface area contributed by atoms with E-state index in [0.29, 0.717) is 22.1 Å². The van der Waals surface area contributed by atoms with Crippen LogP contribution in [0.15, 0.2) is 36.4 Å². The van der Waals surface area contributed by atoms with Gasteiger partial charge in [0.2, 0.25) is 0 Å². The molecular formula is C24H18O7. The number of benzene rings is 3. The van der Waals surface area contributed by atoms with Crippen molar-refractivity contribution in [1.29, 1.82) is 0 Å². The van der Waals surface area contributed by atoms with Crippen molar-refractivity contribution in [2.24, 2.45) is 0 Å². The van der Waals surface area contributed by atoms with Crippen molar-refractivity contribution < 1.29 is 33.4 Å². The minimum absolute atomic E-state index is 0.0879. The summed E-state index contributed by atoms with van der Waals surface area (Å²) in [7, 11) is 0. The molecule has 7 heteroatoms. The largest absolute Gasteiger partial charge is 0.427 e. The maximum absolute atomic E-state index is 12.6. The fourth-order valence-corrected chi connectivity index (χ4v) is 3.98. The van der Waals surface area contributed by atoms with Crippen molar-refractivity contribution in [3.05, 3.63) is 42.0 Å². The van der Waals surface area contributed by atoms with Crippen molar-refractivity contribution in [2.45, 2.75) is 27.7 Å². The van der Waals surface area contributed by atoms with Gasteiger partial charge in [-0.05, 0) is 59.5 Å². The summed E-state index contributed by atoms with van der Waals surface area (Å²) in [4.78, 5) is 47.4. The normalized spacial score (nSPS) is 11.1. The Hall–Kier alpha value is -4.00. The van der Waals surface area contributed by atoms with Gasteiger partial charge in [-0.15, -0.1) is 0 Å². The van der Waals surface area contributed by atoms with Crippen LogP contribution >= 0.6 is 0 Å². The number of carbonyl (C=O) groups is 4. The SMILES string of the molecule is CC(=O)Oc1ccc2c(c1)-c1ccc(OC(C)=O)c3c(C(C)=O)c(OC(C)=O)cc-2c13. The van der Waals surface area contributed by atoms with Gasteiger partial charge in [0.25, 0.3) is 0 Å². The Morgan fingerprint density at radius 2 is 1.19 bits per heavy atom. The molecule has 0 amide bonds. The van der Waals surface area contributed by atoms with E-state index in [2.05, 4.69) is 0 Å². The maximum Gasteiger partial charge on any atom is 0.308 e. The van der Waals surface area contributed by atoms with Gasteiger partial charge in [-0.25, -0.2) is 0 Å². The molecule has 0 atom stereocenters. The van der Waals surface area contributed by atoms with Gasteiger partial charge in [-0.2, -0.15) is 0 Å². The second kappa shape index (κ2) is 7.36. The highest BCUT2D eigenvalue weighted by Gasteiger charge is 2.30. The van der Waals surface area contributed by atoms with E-state index < -0.39 is 17.9 Å². The van der Waals surface area contributed by atoms with E-state index in [1.165, 1.54) is 27.7 Å². The molecule has 3 aromatic rings. The Labute approximate surface area is 177 Å². The third kappa shape index (κ3) is 3.44. The van der Waals surface area contributed by atoms with Crippen LogP contribution in [0.2, 0.25) is 0 Å². The number of Topliss-reactive ketones (excluding diaryl/α,β-unsaturated/α-hetero) is 1. The van der Waals surface area contributed by atoms with E-state index in [4.69, 9.17) is 14.2 Å². The lowest BCUT2D eigenvalue weighted by molar-refractivity contribution is -0.132. The van der Waals surface area contributed by atoms with Crippen molar-refractivity contribution >= 4 is 34.5 Å². The van der Waals surface area contributed by atoms with Crippen molar-refractivity contribution in [1.82, 2.24) is 0 Å². The number of fused-ring (bicyclic) bond motifs is 3. The molecule has 3 aromatic carbocycles. The van der Waals surface area contributed by atoms with E-state index >= 15 is 0 Å². The molecule has 1 aliphatic rings. The summed E-state index contributed by atoms with van der Waals surface area (Å²) < 4.78 is 16.0. The Kier molecular flexibility index (Phi) is 4.81. The van der Waals surface area contributed by atoms with Gasteiger partial charge in [-0.1, -0.05) is 6.07 Å². The zero-order valence-corrected chi connectivity index (χ0v) is 17.3. The molecule has 7 nitrogen and oxygen atoms in total. The quantitative estimate of drug-likeness (QED) is 0.274. The van der Waals surface area contributed by atoms with E-state index in [0.717, 1.165) is 16.7 Å². The number of esters is 3. The van der Waals surface area contributed by atoms with Gasteiger partial charge < -0.3 is 14.2 Å². The molecule has 0 saturated heterocycles. The number of hydrogen-bond donors (Lipinski definition) is 0. The van der Waals surface area contributed by atoms with Gasteiger partial charge in [0.1, 0.15) is 17.2 Å². The van der Waals surface area contributed by atoms with Crippen molar-refractivity contribution in [2.75, 3.05) is 0 Å². The van der Waals surface area contributed by atoms with Crippen LogP contribution in [-0.2, 0) is 14.4 Å². The Morgan fingerprint density at radius 1 is 0.581 bits per heavy atom. The summed E-state index contributed by atoms with van der Waals surface area (Å²) in [6.45, 7) is 5.19. The highest BCUT2D eigenvalue weighted by molar-refractivity contribution is 6.24. The third-order valence-electron chi connectivity index (χ3n) is 4.90. The standard InChI is InChI=1S/C24H18O7/c1-11(25)22-21(31-14(4)28)10-19-16-6-5-15(29-12(2)26)9-18(16)17-7-8-20(30-13(3)27)24(22)23(17)19/h5-10H,1-4H3. The first-order valence-corrected chi connectivity index (χ1v) is 9.52. The second-order valence-corrected chi connectivity index (χ2v) is 7.20. The zero-order valence-electron chi connectivity index (χ0n) is 17.3. The number of ether oxygens (including phenoxy) is 3. The summed E-state index contributed by atoms with van der Waals surface area (Å²) >= 11 is 0. The van der Waals surface area contributed by atoms with E-state index in [9.17, 15) is 19.2 Å². The van der Waals surface area contributed by atoms with E-state index in [1.807, 2.05) is 0 Å². The van der Waals surface area contributed by atoms with Crippen LogP contribution in [0.5, 0.6) is 17.2 Å². The number of hydrogen-bond acceptors (Lipinski definition) is 7. The Balaban J connectivity index is 2.11. The van der Waals surface area contributed by atoms with Crippen LogP contribution in [0, 0.1) is 0 Å². The maximum atomic E-state index is 12.6. The summed E-state index contributed by atoms with van der Waals surface area (Å²) in [5.41, 5.74) is 3.23. The zero-order chi connectivity index (χ0) is 22.4. The molecule has 0 radical (unpaired) electrons. The molecule has 31 heavy (non-hydrogen) atoms. The predicted octanol–water partition coefficient (Wildman–Crippen LogP) is 4.47. The van der Waals surface area contributed by atoms with Crippen LogP contribution < -0.4 is 14.2 Å². The Morgan fingerprint density at radius 3 is 1.81 bits per heavy atom. The van der Waals surface area contributed by atoms with Gasteiger partial charge in [0.15, 0.2) is 5.78 Å². The molecule has 0 heterocycles. The van der Waals surface area contributed by atoms with Gasteiger partial charge in [0, 0.05) is 31.5 Å². The third-order valence-corrected chi connectivity index (χ3v) is 4.90. The summed E-state index contributed by atoms with van der Waals surface area (Å²) in [6, 6.07) is 10.2. The fourth-order valence-electron chi connectivity index (χ4n) is 3.98. The molecule has 0 bridgehead atoms. The van der Waals surface area contributed by atoms with Gasteiger partial charge in [0.05, 0.1) is 5.56 Å². The lowest BCUT2D eigenvalue weighted by atomic mass is 9.94. The molecule has 1 aliphatic carbocycles. The highest BCUT2D eigenvalue weighted by Crippen LogP contribution is 2.53. The summed E-state index contributed by atoms with van der Waals surface area (Å²) in [6.07, 6.45) is 0. The molecule has 0 saturated carbocycles. The first kappa shape index (κ1) is 20.3. The first-order chi connectivity index (χ1) is 14.7. The van der Waals surface area contributed by atoms with E-state index in [-0.39, 0.29) is 22.8 Å². The lowest BCUT2D eigenvalue weighted by Gasteiger charge is -2.15. The number of carbonyl (C=O) groups excluding carboxylic acids is 4. The molecule has 4 rings (SSSR count). The average molecular weight is 418 g/mol. The molecule has 156 valence electrons. The smallest absolute Gasteiger partial charge is 0.308 e. The van der Waals surface area contributed by atoms with Gasteiger partial charge >= 0.3 is 17.9 Å². The topological polar surface area (TPSA) is 96.0 Å². The van der Waals surface area contributed by atoms with Crippen LogP contribution in [0.4, 0.5) is 0 Å². The lowest BCUT2D eigenvalue weighted by Crippen LogP contribution is -2.09. The number of ketones is 1. The summed E-state index contributed by atoms with van der Waals surface area (Å²) in [5.74, 6) is -1.25. The van der Waals surface area contributed by atoms with Crippen molar-refractivity contribution in [3.63, 3.8) is 0 Å². The molecule has 0 fully saturated rings. The fraction of sp³-hybridized carbons (Fsp3) is 0.167. The van der Waals surface area contributed by atoms with Crippen LogP contribution in [0.25, 0.3) is 33.0 Å². The van der Waals surface area contributed by atoms with Crippen LogP contribution in [-0.4, -0.2) is 23.7 Å². The van der Waals surface area contributed by atoms with Crippen molar-refractivity contribution in [3.8, 4) is 39.5 Å². The van der Waals surface area contributed by atoms with Gasteiger partial charge in [-0.3, -0.25) is 19.2 Å². The highest BCUT2D eigenvalue weighted by atomic mass is 16.5. The first-order valence-electron chi connectivity index (χ1n) is 9.52. The average Bonchev–Trinajstić information content (AvgIpc) is 2.96. The van der Waals surface area contributed by atoms with Crippen LogP contribution in [0.1, 0.15) is 38.1 Å². The van der Waals surface area contributed by atoms with E-state index in [1.54, 1.807) is 36.4 Å². The minimum atomic E-state index is -0.581. The predicted molar refractivity (Wildman–Crippen MR) is 112 cm³/mol. The minimum Gasteiger partial charge on any atom is -0.427 e. The second-order valence-electron chi connectivity index (χ2n) is 7.20. The molecule has 0 unspecified atom stereocenters. The monoisotopic (exact) mass is 418 g/mol. The molecule has 0 aromatic heterocycles. The summed E-state index contributed by atoms with van der Waals surface area (Å²) in [5, 5.41) is 1.08. The molecule has 0 aliphatic heterocycles. The molecule has 0 N–H and O–H groups in total. The molecular weight excluding hydrogens is 400 g/mol. The number of rotatable bonds is 4. The van der Waals surface area contributed by atoms with Crippen LogP contribution in [0.3, 0.4) is 0 Å². The Bertz CT molecular complexity index is 1320.